The number of aromatic nitrogens is 2. The van der Waals surface area contributed by atoms with Gasteiger partial charge in [0.15, 0.2) is 0 Å². The van der Waals surface area contributed by atoms with Crippen molar-refractivity contribution >= 4 is 10.9 Å². The van der Waals surface area contributed by atoms with Gasteiger partial charge in [-0.25, -0.2) is 0 Å². The summed E-state index contributed by atoms with van der Waals surface area (Å²) in [6, 6.07) is 12.3. The van der Waals surface area contributed by atoms with Crippen LogP contribution in [0.3, 0.4) is 0 Å². The first-order chi connectivity index (χ1) is 9.28. The Bertz CT molecular complexity index is 735. The minimum Gasteiger partial charge on any atom is -0.326 e. The van der Waals surface area contributed by atoms with Crippen LogP contribution in [0.25, 0.3) is 22.2 Å². The van der Waals surface area contributed by atoms with Crippen molar-refractivity contribution in [3.05, 3.63) is 59.9 Å². The fourth-order valence-corrected chi connectivity index (χ4v) is 2.24. The summed E-state index contributed by atoms with van der Waals surface area (Å²) in [7, 11) is 0. The highest BCUT2D eigenvalue weighted by Crippen LogP contribution is 2.24. The lowest BCUT2D eigenvalue weighted by molar-refractivity contribution is 1.05. The van der Waals surface area contributed by atoms with Gasteiger partial charge in [-0.1, -0.05) is 17.7 Å². The van der Waals surface area contributed by atoms with Crippen molar-refractivity contribution in [3.8, 4) is 11.3 Å². The van der Waals surface area contributed by atoms with Crippen LogP contribution in [0.5, 0.6) is 0 Å². The van der Waals surface area contributed by atoms with Gasteiger partial charge < -0.3 is 5.73 Å². The molecule has 0 aliphatic rings. The van der Waals surface area contributed by atoms with Crippen molar-refractivity contribution in [2.45, 2.75) is 13.5 Å². The summed E-state index contributed by atoms with van der Waals surface area (Å²) in [5.74, 6) is 0. The smallest absolute Gasteiger partial charge is 0.0762 e. The van der Waals surface area contributed by atoms with E-state index in [1.165, 1.54) is 5.56 Å². The van der Waals surface area contributed by atoms with Gasteiger partial charge in [-0.05, 0) is 36.8 Å². The lowest BCUT2D eigenvalue weighted by atomic mass is 10.0. The van der Waals surface area contributed by atoms with Crippen LogP contribution < -0.4 is 5.73 Å². The highest BCUT2D eigenvalue weighted by atomic mass is 14.7. The molecule has 3 heteroatoms. The van der Waals surface area contributed by atoms with E-state index in [-0.39, 0.29) is 0 Å². The summed E-state index contributed by atoms with van der Waals surface area (Å²) >= 11 is 0. The minimum atomic E-state index is 0.481. The maximum Gasteiger partial charge on any atom is 0.0762 e. The summed E-state index contributed by atoms with van der Waals surface area (Å²) in [6.07, 6.45) is 3.65. The molecule has 94 valence electrons. The largest absolute Gasteiger partial charge is 0.326 e. The van der Waals surface area contributed by atoms with E-state index in [0.717, 1.165) is 27.7 Å². The summed E-state index contributed by atoms with van der Waals surface area (Å²) in [5.41, 5.74) is 11.0. The van der Waals surface area contributed by atoms with Crippen molar-refractivity contribution < 1.29 is 0 Å². The Balaban J connectivity index is 2.20. The molecule has 2 N–H and O–H groups in total. The Hall–Kier alpha value is -2.26. The van der Waals surface area contributed by atoms with Crippen molar-refractivity contribution in [2.24, 2.45) is 5.73 Å². The number of benzene rings is 1. The van der Waals surface area contributed by atoms with Gasteiger partial charge in [-0.2, -0.15) is 0 Å². The molecule has 0 saturated carbocycles. The Morgan fingerprint density at radius 3 is 2.84 bits per heavy atom. The molecule has 2 heterocycles. The molecule has 0 fully saturated rings. The number of aryl methyl sites for hydroxylation is 1. The molecule has 0 atom stereocenters. The third-order valence-corrected chi connectivity index (χ3v) is 3.22. The average molecular weight is 249 g/mol. The van der Waals surface area contributed by atoms with Crippen LogP contribution in [0.2, 0.25) is 0 Å². The Labute approximate surface area is 112 Å². The molecule has 0 aliphatic carbocycles. The monoisotopic (exact) mass is 249 g/mol. The SMILES string of the molecule is Cc1ccc2ncc(-c3ncccc3CN)cc2c1. The van der Waals surface area contributed by atoms with Crippen molar-refractivity contribution in [1.29, 1.82) is 0 Å². The molecule has 3 aromatic rings. The van der Waals surface area contributed by atoms with Crippen molar-refractivity contribution in [2.75, 3.05) is 0 Å². The van der Waals surface area contributed by atoms with Crippen LogP contribution in [0, 0.1) is 6.92 Å². The van der Waals surface area contributed by atoms with Crippen LogP contribution in [0.1, 0.15) is 11.1 Å². The lowest BCUT2D eigenvalue weighted by Crippen LogP contribution is -2.00. The van der Waals surface area contributed by atoms with Crippen LogP contribution >= 0.6 is 0 Å². The number of nitrogens with zero attached hydrogens (tertiary/aromatic N) is 2. The molecule has 0 unspecified atom stereocenters. The Kier molecular flexibility index (Phi) is 2.97. The second-order valence-corrected chi connectivity index (χ2v) is 4.64. The van der Waals surface area contributed by atoms with Crippen molar-refractivity contribution in [1.82, 2.24) is 9.97 Å². The first-order valence-corrected chi connectivity index (χ1v) is 6.28. The fourth-order valence-electron chi connectivity index (χ4n) is 2.24. The number of hydrogen-bond acceptors (Lipinski definition) is 3. The quantitative estimate of drug-likeness (QED) is 0.759. The third kappa shape index (κ3) is 2.20. The molecule has 19 heavy (non-hydrogen) atoms. The predicted molar refractivity (Wildman–Crippen MR) is 77.6 cm³/mol. The summed E-state index contributed by atoms with van der Waals surface area (Å²) < 4.78 is 0. The number of rotatable bonds is 2. The highest BCUT2D eigenvalue weighted by Gasteiger charge is 2.06. The van der Waals surface area contributed by atoms with Crippen LogP contribution in [-0.2, 0) is 6.54 Å². The summed E-state index contributed by atoms with van der Waals surface area (Å²) in [5, 5.41) is 1.13. The van der Waals surface area contributed by atoms with E-state index >= 15 is 0 Å². The van der Waals surface area contributed by atoms with E-state index in [0.29, 0.717) is 6.54 Å². The van der Waals surface area contributed by atoms with E-state index in [2.05, 4.69) is 35.1 Å². The van der Waals surface area contributed by atoms with Crippen molar-refractivity contribution in [3.63, 3.8) is 0 Å². The maximum atomic E-state index is 5.76. The van der Waals surface area contributed by atoms with Gasteiger partial charge in [0.25, 0.3) is 0 Å². The average Bonchev–Trinajstić information content (AvgIpc) is 2.46. The molecule has 3 nitrogen and oxygen atoms in total. The molecule has 0 radical (unpaired) electrons. The molecule has 1 aromatic carbocycles. The zero-order chi connectivity index (χ0) is 13.2. The van der Waals surface area contributed by atoms with E-state index in [1.54, 1.807) is 6.20 Å². The minimum absolute atomic E-state index is 0.481. The van der Waals surface area contributed by atoms with Gasteiger partial charge in [-0.3, -0.25) is 9.97 Å². The lowest BCUT2D eigenvalue weighted by Gasteiger charge is -2.07. The third-order valence-electron chi connectivity index (χ3n) is 3.22. The normalized spacial score (nSPS) is 10.8. The zero-order valence-corrected chi connectivity index (χ0v) is 10.8. The predicted octanol–water partition coefficient (Wildman–Crippen LogP) is 3.06. The summed E-state index contributed by atoms with van der Waals surface area (Å²) in [4.78, 5) is 8.92. The Morgan fingerprint density at radius 2 is 2.00 bits per heavy atom. The van der Waals surface area contributed by atoms with Gasteiger partial charge in [-0.15, -0.1) is 0 Å². The standard InChI is InChI=1S/C16H15N3/c1-11-4-5-15-13(7-11)8-14(10-19-15)16-12(9-17)3-2-6-18-16/h2-8,10H,9,17H2,1H3. The highest BCUT2D eigenvalue weighted by molar-refractivity contribution is 5.83. The molecule has 2 aromatic heterocycles. The van der Waals surface area contributed by atoms with Crippen LogP contribution in [-0.4, -0.2) is 9.97 Å². The van der Waals surface area contributed by atoms with Crippen LogP contribution in [0.15, 0.2) is 48.8 Å². The number of fused-ring (bicyclic) bond motifs is 1. The second-order valence-electron chi connectivity index (χ2n) is 4.64. The van der Waals surface area contributed by atoms with E-state index < -0.39 is 0 Å². The van der Waals surface area contributed by atoms with Crippen LogP contribution in [0.4, 0.5) is 0 Å². The second kappa shape index (κ2) is 4.78. The number of pyridine rings is 2. The Morgan fingerprint density at radius 1 is 1.11 bits per heavy atom. The van der Waals surface area contributed by atoms with Gasteiger partial charge in [0.2, 0.25) is 0 Å². The van der Waals surface area contributed by atoms with E-state index in [4.69, 9.17) is 5.73 Å². The van der Waals surface area contributed by atoms with Gasteiger partial charge in [0.1, 0.15) is 0 Å². The molecular formula is C16H15N3. The first-order valence-electron chi connectivity index (χ1n) is 6.28. The molecule has 3 rings (SSSR count). The van der Waals surface area contributed by atoms with E-state index in [9.17, 15) is 0 Å². The number of nitrogens with two attached hydrogens (primary N) is 1. The molecule has 0 saturated heterocycles. The molecular weight excluding hydrogens is 234 g/mol. The molecule has 0 spiro atoms. The molecule has 0 aliphatic heterocycles. The van der Waals surface area contributed by atoms with E-state index in [1.807, 2.05) is 24.4 Å². The maximum absolute atomic E-state index is 5.76. The zero-order valence-electron chi connectivity index (χ0n) is 10.8. The topological polar surface area (TPSA) is 51.8 Å². The van der Waals surface area contributed by atoms with Gasteiger partial charge in [0, 0.05) is 29.9 Å². The van der Waals surface area contributed by atoms with Gasteiger partial charge in [0.05, 0.1) is 11.2 Å². The number of hydrogen-bond donors (Lipinski definition) is 1. The molecule has 0 amide bonds. The first kappa shape index (κ1) is 11.8. The fraction of sp³-hybridized carbons (Fsp3) is 0.125. The van der Waals surface area contributed by atoms with Gasteiger partial charge >= 0.3 is 0 Å². The molecule has 0 bridgehead atoms. The summed E-state index contributed by atoms with van der Waals surface area (Å²) in [6.45, 7) is 2.56.